The number of anilines is 1. The molecule has 1 heterocycles. The molecule has 1 saturated carbocycles. The van der Waals surface area contributed by atoms with Crippen LogP contribution in [0.1, 0.15) is 29.0 Å². The van der Waals surface area contributed by atoms with Crippen LogP contribution in [-0.4, -0.2) is 23.4 Å². The summed E-state index contributed by atoms with van der Waals surface area (Å²) in [6, 6.07) is 15.4. The van der Waals surface area contributed by atoms with Gasteiger partial charge in [0.1, 0.15) is 5.54 Å². The second kappa shape index (κ2) is 5.67. The third kappa shape index (κ3) is 2.68. The molecule has 2 aromatic carbocycles. The molecule has 5 rings (SSSR count). The third-order valence-electron chi connectivity index (χ3n) is 5.83. The minimum Gasteiger partial charge on any atom is -0.326 e. The van der Waals surface area contributed by atoms with Crippen LogP contribution in [0.5, 0.6) is 0 Å². The molecule has 0 bridgehead atoms. The lowest BCUT2D eigenvalue weighted by Gasteiger charge is -2.18. The molecule has 1 spiro atoms. The van der Waals surface area contributed by atoms with Crippen molar-refractivity contribution < 1.29 is 14.4 Å². The number of hydrogen-bond donors (Lipinski definition) is 3. The topological polar surface area (TPSA) is 87.3 Å². The fraction of sp³-hybridized carbons (Fsp3) is 0.286. The molecule has 0 radical (unpaired) electrons. The maximum Gasteiger partial charge on any atom is 0.322 e. The second-order valence-electron chi connectivity index (χ2n) is 7.68. The molecule has 1 saturated heterocycles. The van der Waals surface area contributed by atoms with Gasteiger partial charge in [0.05, 0.1) is 0 Å². The van der Waals surface area contributed by atoms with E-state index in [2.05, 4.69) is 28.1 Å². The van der Waals surface area contributed by atoms with E-state index in [1.54, 1.807) is 0 Å². The molecule has 3 atom stereocenters. The number of fused-ring (bicyclic) bond motifs is 1. The van der Waals surface area contributed by atoms with Gasteiger partial charge in [-0.25, -0.2) is 4.79 Å². The zero-order chi connectivity index (χ0) is 18.6. The molecule has 1 aliphatic heterocycles. The van der Waals surface area contributed by atoms with E-state index in [9.17, 15) is 14.4 Å². The van der Waals surface area contributed by atoms with E-state index in [-0.39, 0.29) is 17.7 Å². The number of imide groups is 1. The smallest absolute Gasteiger partial charge is 0.322 e. The Kier molecular flexibility index (Phi) is 3.37. The summed E-state index contributed by atoms with van der Waals surface area (Å²) in [5.41, 5.74) is 3.08. The average Bonchev–Trinajstić information content (AvgIpc) is 3.30. The Labute approximate surface area is 156 Å². The SMILES string of the molecule is O=C1NC(=O)C2(Cc3ccc(NC(=O)[C@@H]4C[C@H]4c4ccccc4)cc3C2)N1. The number of amides is 4. The highest BCUT2D eigenvalue weighted by Gasteiger charge is 2.50. The molecule has 3 N–H and O–H groups in total. The highest BCUT2D eigenvalue weighted by atomic mass is 16.2. The van der Waals surface area contributed by atoms with Crippen molar-refractivity contribution in [1.82, 2.24) is 10.6 Å². The van der Waals surface area contributed by atoms with Crippen LogP contribution in [0.15, 0.2) is 48.5 Å². The van der Waals surface area contributed by atoms with E-state index >= 15 is 0 Å². The largest absolute Gasteiger partial charge is 0.326 e. The monoisotopic (exact) mass is 361 g/mol. The summed E-state index contributed by atoms with van der Waals surface area (Å²) in [5.74, 6) is 0.0505. The third-order valence-corrected chi connectivity index (χ3v) is 5.83. The standard InChI is InChI=1S/C21H19N3O3/c25-18(17-9-16(17)12-4-2-1-3-5-12)22-15-7-6-13-10-21(11-14(13)8-15)19(26)23-20(27)24-21/h1-8,16-17H,9-11H2,(H,22,25)(H2,23,24,26,27)/t16-,17+,21?/m0/s1. The van der Waals surface area contributed by atoms with Crippen molar-refractivity contribution in [3.05, 3.63) is 65.2 Å². The molecule has 27 heavy (non-hydrogen) atoms. The second-order valence-corrected chi connectivity index (χ2v) is 7.68. The first-order valence-corrected chi connectivity index (χ1v) is 9.15. The minimum atomic E-state index is -0.878. The van der Waals surface area contributed by atoms with E-state index in [4.69, 9.17) is 0 Å². The lowest BCUT2D eigenvalue weighted by Crippen LogP contribution is -2.47. The summed E-state index contributed by atoms with van der Waals surface area (Å²) < 4.78 is 0. The summed E-state index contributed by atoms with van der Waals surface area (Å²) in [4.78, 5) is 36.2. The molecule has 4 amide bonds. The summed E-state index contributed by atoms with van der Waals surface area (Å²) in [7, 11) is 0. The summed E-state index contributed by atoms with van der Waals surface area (Å²) in [6.07, 6.45) is 1.79. The van der Waals surface area contributed by atoms with E-state index in [0.717, 1.165) is 23.2 Å². The van der Waals surface area contributed by atoms with Crippen LogP contribution in [0.3, 0.4) is 0 Å². The number of rotatable bonds is 3. The summed E-state index contributed by atoms with van der Waals surface area (Å²) >= 11 is 0. The molecular formula is C21H19N3O3. The van der Waals surface area contributed by atoms with Crippen molar-refractivity contribution in [2.45, 2.75) is 30.7 Å². The van der Waals surface area contributed by atoms with Gasteiger partial charge in [0.2, 0.25) is 5.91 Å². The zero-order valence-electron chi connectivity index (χ0n) is 14.6. The Hall–Kier alpha value is -3.15. The van der Waals surface area contributed by atoms with Gasteiger partial charge in [-0.1, -0.05) is 36.4 Å². The van der Waals surface area contributed by atoms with Gasteiger partial charge in [-0.2, -0.15) is 0 Å². The van der Waals surface area contributed by atoms with Crippen LogP contribution in [0, 0.1) is 5.92 Å². The number of nitrogens with one attached hydrogen (secondary N) is 3. The average molecular weight is 361 g/mol. The maximum absolute atomic E-state index is 12.6. The highest BCUT2D eigenvalue weighted by Crippen LogP contribution is 2.48. The lowest BCUT2D eigenvalue weighted by atomic mass is 9.96. The van der Waals surface area contributed by atoms with Crippen LogP contribution in [0.25, 0.3) is 0 Å². The van der Waals surface area contributed by atoms with Gasteiger partial charge < -0.3 is 10.6 Å². The number of hydrogen-bond acceptors (Lipinski definition) is 3. The predicted molar refractivity (Wildman–Crippen MR) is 99.2 cm³/mol. The first kappa shape index (κ1) is 16.1. The molecule has 0 aromatic heterocycles. The number of urea groups is 1. The Bertz CT molecular complexity index is 972. The molecule has 6 nitrogen and oxygen atoms in total. The van der Waals surface area contributed by atoms with E-state index < -0.39 is 11.6 Å². The van der Waals surface area contributed by atoms with Gasteiger partial charge in [-0.15, -0.1) is 0 Å². The molecule has 2 aromatic rings. The molecule has 6 heteroatoms. The normalized spacial score (nSPS) is 27.9. The van der Waals surface area contributed by atoms with Crippen LogP contribution in [0.4, 0.5) is 10.5 Å². The quantitative estimate of drug-likeness (QED) is 0.732. The number of carbonyl (C=O) groups excluding carboxylic acids is 3. The van der Waals surface area contributed by atoms with Crippen LogP contribution < -0.4 is 16.0 Å². The lowest BCUT2D eigenvalue weighted by molar-refractivity contribution is -0.123. The Morgan fingerprint density at radius 1 is 1.04 bits per heavy atom. The van der Waals surface area contributed by atoms with Crippen molar-refractivity contribution >= 4 is 23.5 Å². The molecule has 136 valence electrons. The van der Waals surface area contributed by atoms with E-state index in [1.165, 1.54) is 5.56 Å². The van der Waals surface area contributed by atoms with Gasteiger partial charge in [0.15, 0.2) is 0 Å². The molecule has 1 unspecified atom stereocenters. The van der Waals surface area contributed by atoms with Gasteiger partial charge in [0.25, 0.3) is 5.91 Å². The first-order chi connectivity index (χ1) is 13.0. The minimum absolute atomic E-state index is 0.00638. The fourth-order valence-corrected chi connectivity index (χ4v) is 4.32. The van der Waals surface area contributed by atoms with Crippen molar-refractivity contribution in [1.29, 1.82) is 0 Å². The van der Waals surface area contributed by atoms with Crippen LogP contribution >= 0.6 is 0 Å². The number of carbonyl (C=O) groups is 3. The molecule has 3 aliphatic rings. The molecule has 2 fully saturated rings. The van der Waals surface area contributed by atoms with Crippen molar-refractivity contribution in [3.8, 4) is 0 Å². The first-order valence-electron chi connectivity index (χ1n) is 9.15. The fourth-order valence-electron chi connectivity index (χ4n) is 4.32. The summed E-state index contributed by atoms with van der Waals surface area (Å²) in [6.45, 7) is 0. The Morgan fingerprint density at radius 3 is 2.56 bits per heavy atom. The highest BCUT2D eigenvalue weighted by molar-refractivity contribution is 6.08. The predicted octanol–water partition coefficient (Wildman–Crippen LogP) is 2.11. The number of benzene rings is 2. The van der Waals surface area contributed by atoms with Crippen LogP contribution in [0.2, 0.25) is 0 Å². The van der Waals surface area contributed by atoms with Gasteiger partial charge >= 0.3 is 6.03 Å². The summed E-state index contributed by atoms with van der Waals surface area (Å²) in [5, 5.41) is 8.07. The maximum atomic E-state index is 12.6. The van der Waals surface area contributed by atoms with Crippen molar-refractivity contribution in [2.24, 2.45) is 5.92 Å². The van der Waals surface area contributed by atoms with Gasteiger partial charge in [0, 0.05) is 24.4 Å². The Balaban J connectivity index is 1.28. The Morgan fingerprint density at radius 2 is 1.81 bits per heavy atom. The van der Waals surface area contributed by atoms with Crippen molar-refractivity contribution in [3.63, 3.8) is 0 Å². The molecule has 2 aliphatic carbocycles. The zero-order valence-corrected chi connectivity index (χ0v) is 14.6. The van der Waals surface area contributed by atoms with E-state index in [0.29, 0.717) is 18.8 Å². The van der Waals surface area contributed by atoms with E-state index in [1.807, 2.05) is 36.4 Å². The van der Waals surface area contributed by atoms with Crippen molar-refractivity contribution in [2.75, 3.05) is 5.32 Å². The molecular weight excluding hydrogens is 342 g/mol. The van der Waals surface area contributed by atoms with Gasteiger partial charge in [-0.05, 0) is 41.2 Å². The van der Waals surface area contributed by atoms with Crippen LogP contribution in [-0.2, 0) is 22.4 Å². The van der Waals surface area contributed by atoms with Gasteiger partial charge in [-0.3, -0.25) is 14.9 Å².